The summed E-state index contributed by atoms with van der Waals surface area (Å²) in [7, 11) is 1.65. The van der Waals surface area contributed by atoms with Crippen LogP contribution in [0.25, 0.3) is 0 Å². The summed E-state index contributed by atoms with van der Waals surface area (Å²) in [5.74, 6) is 1.42. The molecule has 2 fully saturated rings. The highest BCUT2D eigenvalue weighted by atomic mass is 16.5. The van der Waals surface area contributed by atoms with Crippen LogP contribution in [-0.4, -0.2) is 54.9 Å². The maximum atomic E-state index is 12.9. The van der Waals surface area contributed by atoms with Crippen LogP contribution >= 0.6 is 0 Å². The van der Waals surface area contributed by atoms with Gasteiger partial charge in [0.05, 0.1) is 13.5 Å². The van der Waals surface area contributed by atoms with Crippen molar-refractivity contribution in [3.05, 3.63) is 28.8 Å². The Kier molecular flexibility index (Phi) is 6.40. The van der Waals surface area contributed by atoms with Gasteiger partial charge < -0.3 is 14.5 Å². The maximum Gasteiger partial charge on any atom is 0.227 e. The molecule has 3 rings (SSSR count). The van der Waals surface area contributed by atoms with Gasteiger partial charge in [0, 0.05) is 37.7 Å². The zero-order valence-corrected chi connectivity index (χ0v) is 16.9. The zero-order chi connectivity index (χ0) is 19.4. The van der Waals surface area contributed by atoms with Crippen molar-refractivity contribution >= 4 is 11.8 Å². The van der Waals surface area contributed by atoms with E-state index in [0.29, 0.717) is 25.4 Å². The fourth-order valence-electron chi connectivity index (χ4n) is 4.45. The molecule has 5 heteroatoms. The molecule has 1 saturated heterocycles. The first-order valence-corrected chi connectivity index (χ1v) is 10.2. The maximum absolute atomic E-state index is 12.9. The van der Waals surface area contributed by atoms with Gasteiger partial charge in [0.25, 0.3) is 0 Å². The number of carbonyl (C=O) groups is 2. The predicted molar refractivity (Wildman–Crippen MR) is 106 cm³/mol. The summed E-state index contributed by atoms with van der Waals surface area (Å²) in [5, 5.41) is 0. The molecule has 1 aliphatic heterocycles. The van der Waals surface area contributed by atoms with E-state index in [1.165, 1.54) is 12.8 Å². The molecule has 0 radical (unpaired) electrons. The summed E-state index contributed by atoms with van der Waals surface area (Å²) >= 11 is 0. The van der Waals surface area contributed by atoms with Gasteiger partial charge in [0.15, 0.2) is 0 Å². The molecule has 0 N–H and O–H groups in total. The third-order valence-corrected chi connectivity index (χ3v) is 5.99. The molecule has 0 atom stereocenters. The van der Waals surface area contributed by atoms with Crippen molar-refractivity contribution in [2.45, 2.75) is 52.4 Å². The van der Waals surface area contributed by atoms with Gasteiger partial charge in [-0.05, 0) is 50.3 Å². The van der Waals surface area contributed by atoms with Crippen LogP contribution in [0, 0.1) is 19.8 Å². The quantitative estimate of drug-likeness (QED) is 0.816. The number of nitrogens with zero attached hydrogens (tertiary/aromatic N) is 2. The standard InChI is InChI=1S/C22H32N2O3/c1-16-13-17(2)19(20(14-16)27-3)15-21(25)23-9-6-10-24(12-11-23)22(26)18-7-4-5-8-18/h13-14,18H,4-12,15H2,1-3H3. The van der Waals surface area contributed by atoms with E-state index in [-0.39, 0.29) is 11.8 Å². The van der Waals surface area contributed by atoms with E-state index in [0.717, 1.165) is 54.8 Å². The summed E-state index contributed by atoms with van der Waals surface area (Å²) in [6.07, 6.45) is 5.62. The number of aryl methyl sites for hydroxylation is 2. The van der Waals surface area contributed by atoms with Gasteiger partial charge in [-0.2, -0.15) is 0 Å². The fourth-order valence-corrected chi connectivity index (χ4v) is 4.45. The lowest BCUT2D eigenvalue weighted by Gasteiger charge is -2.25. The van der Waals surface area contributed by atoms with E-state index in [4.69, 9.17) is 4.74 Å². The molecular formula is C22H32N2O3. The number of benzene rings is 1. The summed E-state index contributed by atoms with van der Waals surface area (Å²) in [6.45, 7) is 6.84. The Balaban J connectivity index is 1.62. The minimum atomic E-state index is 0.121. The Morgan fingerprint density at radius 2 is 1.67 bits per heavy atom. The Labute approximate surface area is 162 Å². The highest BCUT2D eigenvalue weighted by Crippen LogP contribution is 2.27. The molecule has 148 valence electrons. The van der Waals surface area contributed by atoms with Gasteiger partial charge in [-0.25, -0.2) is 0 Å². The molecule has 0 unspecified atom stereocenters. The minimum absolute atomic E-state index is 0.121. The fraction of sp³-hybridized carbons (Fsp3) is 0.636. The van der Waals surface area contributed by atoms with Gasteiger partial charge in [-0.1, -0.05) is 18.9 Å². The van der Waals surface area contributed by atoms with Crippen LogP contribution in [0.2, 0.25) is 0 Å². The molecular weight excluding hydrogens is 340 g/mol. The number of carbonyl (C=O) groups excluding carboxylic acids is 2. The van der Waals surface area contributed by atoms with Gasteiger partial charge >= 0.3 is 0 Å². The summed E-state index contributed by atoms with van der Waals surface area (Å²) < 4.78 is 5.50. The van der Waals surface area contributed by atoms with E-state index in [1.54, 1.807) is 7.11 Å². The first kappa shape index (κ1) is 19.7. The third-order valence-electron chi connectivity index (χ3n) is 5.99. The smallest absolute Gasteiger partial charge is 0.227 e. The van der Waals surface area contributed by atoms with Gasteiger partial charge in [-0.15, -0.1) is 0 Å². The topological polar surface area (TPSA) is 49.9 Å². The summed E-state index contributed by atoms with van der Waals surface area (Å²) in [5.41, 5.74) is 3.20. The number of methoxy groups -OCH3 is 1. The van der Waals surface area contributed by atoms with Crippen molar-refractivity contribution in [2.75, 3.05) is 33.3 Å². The molecule has 5 nitrogen and oxygen atoms in total. The lowest BCUT2D eigenvalue weighted by molar-refractivity contribution is -0.136. The van der Waals surface area contributed by atoms with E-state index in [9.17, 15) is 9.59 Å². The predicted octanol–water partition coefficient (Wildman–Crippen LogP) is 3.11. The van der Waals surface area contributed by atoms with Crippen LogP contribution < -0.4 is 4.74 Å². The third kappa shape index (κ3) is 4.63. The zero-order valence-electron chi connectivity index (χ0n) is 16.9. The molecule has 2 amide bonds. The minimum Gasteiger partial charge on any atom is -0.496 e. The molecule has 0 bridgehead atoms. The Bertz CT molecular complexity index is 695. The van der Waals surface area contributed by atoms with E-state index < -0.39 is 0 Å². The monoisotopic (exact) mass is 372 g/mol. The number of amides is 2. The molecule has 1 aromatic rings. The first-order valence-electron chi connectivity index (χ1n) is 10.2. The number of rotatable bonds is 4. The van der Waals surface area contributed by atoms with Gasteiger partial charge in [0.1, 0.15) is 5.75 Å². The Hall–Kier alpha value is -2.04. The molecule has 27 heavy (non-hydrogen) atoms. The van der Waals surface area contributed by atoms with Crippen molar-refractivity contribution in [1.82, 2.24) is 9.80 Å². The van der Waals surface area contributed by atoms with Crippen molar-refractivity contribution in [2.24, 2.45) is 5.92 Å². The molecule has 0 spiro atoms. The summed E-state index contributed by atoms with van der Waals surface area (Å²) in [4.78, 5) is 29.5. The van der Waals surface area contributed by atoms with Gasteiger partial charge in [0.2, 0.25) is 11.8 Å². The van der Waals surface area contributed by atoms with Crippen LogP contribution in [-0.2, 0) is 16.0 Å². The molecule has 1 aromatic carbocycles. The van der Waals surface area contributed by atoms with Crippen LogP contribution in [0.15, 0.2) is 12.1 Å². The average molecular weight is 373 g/mol. The van der Waals surface area contributed by atoms with Crippen molar-refractivity contribution in [1.29, 1.82) is 0 Å². The van der Waals surface area contributed by atoms with E-state index >= 15 is 0 Å². The second kappa shape index (κ2) is 8.77. The van der Waals surface area contributed by atoms with Crippen LogP contribution in [0.4, 0.5) is 0 Å². The van der Waals surface area contributed by atoms with E-state index in [2.05, 4.69) is 6.07 Å². The van der Waals surface area contributed by atoms with Crippen molar-refractivity contribution < 1.29 is 14.3 Å². The Morgan fingerprint density at radius 3 is 2.37 bits per heavy atom. The van der Waals surface area contributed by atoms with Gasteiger partial charge in [-0.3, -0.25) is 9.59 Å². The SMILES string of the molecule is COc1cc(C)cc(C)c1CC(=O)N1CCCN(C(=O)C2CCCC2)CC1. The summed E-state index contributed by atoms with van der Waals surface area (Å²) in [6, 6.07) is 4.08. The first-order chi connectivity index (χ1) is 13.0. The van der Waals surface area contributed by atoms with Crippen molar-refractivity contribution in [3.63, 3.8) is 0 Å². The second-order valence-corrected chi connectivity index (χ2v) is 7.98. The lowest BCUT2D eigenvalue weighted by atomic mass is 10.0. The molecule has 2 aliphatic rings. The largest absolute Gasteiger partial charge is 0.496 e. The van der Waals surface area contributed by atoms with E-state index in [1.807, 2.05) is 29.7 Å². The molecule has 1 aliphatic carbocycles. The molecule has 1 saturated carbocycles. The highest BCUT2D eigenvalue weighted by molar-refractivity contribution is 5.81. The van der Waals surface area contributed by atoms with Crippen LogP contribution in [0.1, 0.15) is 48.8 Å². The number of hydrogen-bond acceptors (Lipinski definition) is 3. The average Bonchev–Trinajstić information content (AvgIpc) is 3.07. The second-order valence-electron chi connectivity index (χ2n) is 7.98. The molecule has 0 aromatic heterocycles. The van der Waals surface area contributed by atoms with Crippen LogP contribution in [0.5, 0.6) is 5.75 Å². The Morgan fingerprint density at radius 1 is 1.00 bits per heavy atom. The normalized spacial score (nSPS) is 18.5. The number of hydrogen-bond donors (Lipinski definition) is 0. The van der Waals surface area contributed by atoms with Crippen LogP contribution in [0.3, 0.4) is 0 Å². The lowest BCUT2D eigenvalue weighted by Crippen LogP contribution is -2.40. The highest BCUT2D eigenvalue weighted by Gasteiger charge is 2.29. The van der Waals surface area contributed by atoms with Crippen molar-refractivity contribution in [3.8, 4) is 5.75 Å². The molecule has 1 heterocycles. The number of ether oxygens (including phenoxy) is 1.